The Labute approximate surface area is 184 Å². The maximum atomic E-state index is 12.7. The fourth-order valence-corrected chi connectivity index (χ4v) is 5.03. The molecule has 0 atom stereocenters. The van der Waals surface area contributed by atoms with Crippen molar-refractivity contribution >= 4 is 22.5 Å². The Balaban J connectivity index is 1.13. The van der Waals surface area contributed by atoms with E-state index in [1.54, 1.807) is 0 Å². The Morgan fingerprint density at radius 2 is 1.87 bits per heavy atom. The van der Waals surface area contributed by atoms with E-state index in [0.717, 1.165) is 56.6 Å². The van der Waals surface area contributed by atoms with Crippen LogP contribution in [0.3, 0.4) is 0 Å². The van der Waals surface area contributed by atoms with Crippen LogP contribution in [-0.2, 0) is 12.8 Å². The molecule has 1 aromatic heterocycles. The molecule has 0 spiro atoms. The first-order chi connectivity index (χ1) is 15.2. The van der Waals surface area contributed by atoms with Crippen LogP contribution in [0, 0.1) is 6.92 Å². The van der Waals surface area contributed by atoms with Crippen molar-refractivity contribution in [1.29, 1.82) is 0 Å². The number of aryl methyl sites for hydroxylation is 3. The molecule has 0 unspecified atom stereocenters. The molecule has 1 aliphatic carbocycles. The van der Waals surface area contributed by atoms with Crippen LogP contribution in [0.15, 0.2) is 42.5 Å². The van der Waals surface area contributed by atoms with Gasteiger partial charge in [0.15, 0.2) is 0 Å². The van der Waals surface area contributed by atoms with Crippen molar-refractivity contribution in [2.75, 3.05) is 44.2 Å². The van der Waals surface area contributed by atoms with Crippen LogP contribution in [-0.4, -0.2) is 55.1 Å². The third-order valence-electron chi connectivity index (χ3n) is 6.81. The molecule has 0 saturated carbocycles. The molecular formula is C26H32N4O. The number of nitrogens with zero attached hydrogens (tertiary/aromatic N) is 2. The lowest BCUT2D eigenvalue weighted by atomic mass is 9.95. The van der Waals surface area contributed by atoms with Crippen LogP contribution in [0.4, 0.5) is 5.69 Å². The van der Waals surface area contributed by atoms with Crippen molar-refractivity contribution in [3.05, 3.63) is 64.8 Å². The molecule has 5 heteroatoms. The third kappa shape index (κ3) is 4.33. The second-order valence-corrected chi connectivity index (χ2v) is 8.97. The topological polar surface area (TPSA) is 51.4 Å². The van der Waals surface area contributed by atoms with Gasteiger partial charge in [0.2, 0.25) is 0 Å². The van der Waals surface area contributed by atoms with Gasteiger partial charge in [-0.15, -0.1) is 0 Å². The summed E-state index contributed by atoms with van der Waals surface area (Å²) < 4.78 is 0. The normalized spacial score (nSPS) is 17.0. The van der Waals surface area contributed by atoms with Gasteiger partial charge in [0, 0.05) is 67.1 Å². The molecular weight excluding hydrogens is 384 g/mol. The maximum Gasteiger partial charge on any atom is 0.251 e. The number of hydrogen-bond donors (Lipinski definition) is 2. The Bertz CT molecular complexity index is 1080. The fraction of sp³-hybridized carbons (Fsp3) is 0.423. The molecule has 5 rings (SSSR count). The molecule has 2 heterocycles. The monoisotopic (exact) mass is 416 g/mol. The standard InChI is InChI=1S/C26H32N4O/c1-19-5-4-6-21(17-19)30-15-13-29(14-16-30)12-11-27-26(31)20-9-10-25-23(18-20)22-7-2-3-8-24(22)28-25/h4-6,9-10,17-18,28H,2-3,7-8,11-16H2,1H3,(H,27,31). The molecule has 162 valence electrons. The number of nitrogens with one attached hydrogen (secondary N) is 2. The number of piperazine rings is 1. The van der Waals surface area contributed by atoms with Gasteiger partial charge in [-0.1, -0.05) is 12.1 Å². The molecule has 2 N–H and O–H groups in total. The van der Waals surface area contributed by atoms with E-state index < -0.39 is 0 Å². The number of carbonyl (C=O) groups excluding carboxylic acids is 1. The third-order valence-corrected chi connectivity index (χ3v) is 6.81. The van der Waals surface area contributed by atoms with E-state index in [4.69, 9.17) is 0 Å². The molecule has 1 fully saturated rings. The molecule has 0 bridgehead atoms. The second-order valence-electron chi connectivity index (χ2n) is 8.97. The highest BCUT2D eigenvalue weighted by Gasteiger charge is 2.19. The van der Waals surface area contributed by atoms with Crippen LogP contribution in [0.1, 0.15) is 40.0 Å². The van der Waals surface area contributed by atoms with Crippen molar-refractivity contribution in [2.24, 2.45) is 0 Å². The summed E-state index contributed by atoms with van der Waals surface area (Å²) in [6.07, 6.45) is 4.75. The molecule has 0 radical (unpaired) electrons. The van der Waals surface area contributed by atoms with Gasteiger partial charge in [-0.25, -0.2) is 0 Å². The zero-order valence-electron chi connectivity index (χ0n) is 18.4. The number of aromatic amines is 1. The number of fused-ring (bicyclic) bond motifs is 3. The number of anilines is 1. The largest absolute Gasteiger partial charge is 0.369 e. The molecule has 31 heavy (non-hydrogen) atoms. The van der Waals surface area contributed by atoms with Crippen LogP contribution in [0.25, 0.3) is 10.9 Å². The van der Waals surface area contributed by atoms with Gasteiger partial charge >= 0.3 is 0 Å². The molecule has 1 saturated heterocycles. The van der Waals surface area contributed by atoms with E-state index >= 15 is 0 Å². The number of amides is 1. The number of benzene rings is 2. The highest BCUT2D eigenvalue weighted by atomic mass is 16.1. The van der Waals surface area contributed by atoms with E-state index in [1.807, 2.05) is 6.07 Å². The summed E-state index contributed by atoms with van der Waals surface area (Å²) in [6.45, 7) is 7.86. The van der Waals surface area contributed by atoms with Crippen molar-refractivity contribution in [1.82, 2.24) is 15.2 Å². The van der Waals surface area contributed by atoms with Crippen LogP contribution < -0.4 is 10.2 Å². The van der Waals surface area contributed by atoms with Crippen molar-refractivity contribution in [3.8, 4) is 0 Å². The summed E-state index contributed by atoms with van der Waals surface area (Å²) in [7, 11) is 0. The summed E-state index contributed by atoms with van der Waals surface area (Å²) in [5.74, 6) is 0.0334. The van der Waals surface area contributed by atoms with Gasteiger partial charge in [-0.3, -0.25) is 9.69 Å². The quantitative estimate of drug-likeness (QED) is 0.663. The Morgan fingerprint density at radius 1 is 1.03 bits per heavy atom. The van der Waals surface area contributed by atoms with E-state index in [-0.39, 0.29) is 5.91 Å². The molecule has 2 aromatic carbocycles. The first-order valence-electron chi connectivity index (χ1n) is 11.6. The molecule has 5 nitrogen and oxygen atoms in total. The highest BCUT2D eigenvalue weighted by Crippen LogP contribution is 2.29. The Hall–Kier alpha value is -2.79. The summed E-state index contributed by atoms with van der Waals surface area (Å²) >= 11 is 0. The van der Waals surface area contributed by atoms with E-state index in [0.29, 0.717) is 6.54 Å². The van der Waals surface area contributed by atoms with Gasteiger partial charge < -0.3 is 15.2 Å². The zero-order chi connectivity index (χ0) is 21.2. The van der Waals surface area contributed by atoms with Crippen LogP contribution >= 0.6 is 0 Å². The fourth-order valence-electron chi connectivity index (χ4n) is 5.03. The van der Waals surface area contributed by atoms with Gasteiger partial charge in [0.1, 0.15) is 0 Å². The number of aromatic nitrogens is 1. The predicted octanol–water partition coefficient (Wildman–Crippen LogP) is 3.91. The first-order valence-corrected chi connectivity index (χ1v) is 11.6. The number of carbonyl (C=O) groups is 1. The van der Waals surface area contributed by atoms with Crippen molar-refractivity contribution in [3.63, 3.8) is 0 Å². The van der Waals surface area contributed by atoms with Crippen LogP contribution in [0.2, 0.25) is 0 Å². The minimum Gasteiger partial charge on any atom is -0.369 e. The van der Waals surface area contributed by atoms with Gasteiger partial charge in [0.25, 0.3) is 5.91 Å². The van der Waals surface area contributed by atoms with Gasteiger partial charge in [-0.2, -0.15) is 0 Å². The minimum absolute atomic E-state index is 0.0334. The summed E-state index contributed by atoms with van der Waals surface area (Å²) in [5.41, 5.74) is 7.33. The van der Waals surface area contributed by atoms with Crippen molar-refractivity contribution in [2.45, 2.75) is 32.6 Å². The summed E-state index contributed by atoms with van der Waals surface area (Å²) in [5, 5.41) is 4.36. The van der Waals surface area contributed by atoms with E-state index in [9.17, 15) is 4.79 Å². The smallest absolute Gasteiger partial charge is 0.251 e. The summed E-state index contributed by atoms with van der Waals surface area (Å²) in [6, 6.07) is 14.8. The Morgan fingerprint density at radius 3 is 2.71 bits per heavy atom. The first kappa shape index (κ1) is 20.1. The van der Waals surface area contributed by atoms with Crippen molar-refractivity contribution < 1.29 is 4.79 Å². The average Bonchev–Trinajstić information content (AvgIpc) is 3.17. The second kappa shape index (κ2) is 8.75. The number of rotatable bonds is 5. The maximum absolute atomic E-state index is 12.7. The predicted molar refractivity (Wildman–Crippen MR) is 127 cm³/mol. The minimum atomic E-state index is 0.0334. The molecule has 1 amide bonds. The average molecular weight is 417 g/mol. The lowest BCUT2D eigenvalue weighted by Gasteiger charge is -2.36. The number of hydrogen-bond acceptors (Lipinski definition) is 3. The molecule has 1 aliphatic heterocycles. The van der Waals surface area contributed by atoms with Gasteiger partial charge in [0.05, 0.1) is 0 Å². The lowest BCUT2D eigenvalue weighted by Crippen LogP contribution is -2.48. The van der Waals surface area contributed by atoms with E-state index in [1.165, 1.54) is 40.7 Å². The highest BCUT2D eigenvalue weighted by molar-refractivity contribution is 5.99. The molecule has 3 aromatic rings. The SMILES string of the molecule is Cc1cccc(N2CCN(CCNC(=O)c3ccc4[nH]c5c(c4c3)CCCC5)CC2)c1. The lowest BCUT2D eigenvalue weighted by molar-refractivity contribution is 0.0948. The number of H-pyrrole nitrogens is 1. The van der Waals surface area contributed by atoms with Crippen LogP contribution in [0.5, 0.6) is 0 Å². The van der Waals surface area contributed by atoms with E-state index in [2.05, 4.69) is 63.4 Å². The Kier molecular flexibility index (Phi) is 5.68. The van der Waals surface area contributed by atoms with Gasteiger partial charge in [-0.05, 0) is 74.1 Å². The zero-order valence-corrected chi connectivity index (χ0v) is 18.4. The summed E-state index contributed by atoms with van der Waals surface area (Å²) in [4.78, 5) is 21.2. The molecule has 2 aliphatic rings.